The van der Waals surface area contributed by atoms with E-state index in [4.69, 9.17) is 15.8 Å². The van der Waals surface area contributed by atoms with Crippen LogP contribution >= 0.6 is 0 Å². The van der Waals surface area contributed by atoms with Crippen LogP contribution in [0.1, 0.15) is 13.3 Å². The molecule has 1 aliphatic heterocycles. The van der Waals surface area contributed by atoms with Crippen molar-refractivity contribution in [2.75, 3.05) is 0 Å². The minimum absolute atomic E-state index is 0.251. The van der Waals surface area contributed by atoms with E-state index in [1.54, 1.807) is 25.1 Å². The van der Waals surface area contributed by atoms with Gasteiger partial charge < -0.3 is 0 Å². The minimum Gasteiger partial charge on any atom is -0.196 e. The molecular weight excluding hydrogens is 154 g/mol. The number of hydrogen-bond acceptors (Lipinski definition) is 5. The van der Waals surface area contributed by atoms with Gasteiger partial charge in [-0.05, 0) is 6.42 Å². The fourth-order valence-electron chi connectivity index (χ4n) is 0.946. The van der Waals surface area contributed by atoms with E-state index in [1.807, 2.05) is 0 Å². The Morgan fingerprint density at radius 3 is 1.83 bits per heavy atom. The fourth-order valence-corrected chi connectivity index (χ4v) is 0.946. The van der Waals surface area contributed by atoms with Gasteiger partial charge in [0.15, 0.2) is 0 Å². The van der Waals surface area contributed by atoms with Gasteiger partial charge in [0.05, 0.1) is 12.1 Å². The first-order chi connectivity index (χ1) is 5.70. The van der Waals surface area contributed by atoms with Crippen molar-refractivity contribution in [3.63, 3.8) is 0 Å². The SMILES string of the molecule is CCC(C#N)(C#N)C1(C#N)N=N1. The van der Waals surface area contributed by atoms with Crippen LogP contribution in [-0.2, 0) is 0 Å². The topological polar surface area (TPSA) is 96.1 Å². The average Bonchev–Trinajstić information content (AvgIpc) is 2.90. The molecule has 0 N–H and O–H groups in total. The molecule has 58 valence electrons. The summed E-state index contributed by atoms with van der Waals surface area (Å²) in [6, 6.07) is 5.36. The molecule has 0 aromatic rings. The highest BCUT2D eigenvalue weighted by molar-refractivity contribution is 5.35. The van der Waals surface area contributed by atoms with Crippen LogP contribution in [0, 0.1) is 39.4 Å². The summed E-state index contributed by atoms with van der Waals surface area (Å²) in [6.45, 7) is 1.66. The van der Waals surface area contributed by atoms with Crippen LogP contribution in [0.15, 0.2) is 10.2 Å². The lowest BCUT2D eigenvalue weighted by Gasteiger charge is -2.16. The van der Waals surface area contributed by atoms with Crippen LogP contribution in [0.5, 0.6) is 0 Å². The van der Waals surface area contributed by atoms with Crippen LogP contribution < -0.4 is 0 Å². The monoisotopic (exact) mass is 159 g/mol. The Hall–Kier alpha value is -1.93. The first kappa shape index (κ1) is 8.17. The molecular formula is C7H5N5. The van der Waals surface area contributed by atoms with Crippen molar-refractivity contribution < 1.29 is 0 Å². The Morgan fingerprint density at radius 1 is 1.25 bits per heavy atom. The molecule has 0 spiro atoms. The second-order valence-electron chi connectivity index (χ2n) is 2.47. The lowest BCUT2D eigenvalue weighted by Crippen LogP contribution is -2.34. The van der Waals surface area contributed by atoms with Crippen LogP contribution in [0.4, 0.5) is 0 Å². The van der Waals surface area contributed by atoms with E-state index in [9.17, 15) is 0 Å². The summed E-state index contributed by atoms with van der Waals surface area (Å²) < 4.78 is 0. The van der Waals surface area contributed by atoms with Gasteiger partial charge in [-0.1, -0.05) is 6.92 Å². The van der Waals surface area contributed by atoms with Gasteiger partial charge in [-0.2, -0.15) is 15.8 Å². The molecule has 0 bridgehead atoms. The minimum atomic E-state index is -1.41. The van der Waals surface area contributed by atoms with Crippen molar-refractivity contribution in [2.45, 2.75) is 19.0 Å². The maximum Gasteiger partial charge on any atom is 0.306 e. The molecule has 1 aliphatic rings. The molecule has 0 saturated heterocycles. The third-order valence-corrected chi connectivity index (χ3v) is 1.96. The van der Waals surface area contributed by atoms with Crippen molar-refractivity contribution in [3.05, 3.63) is 0 Å². The van der Waals surface area contributed by atoms with Gasteiger partial charge in [0.25, 0.3) is 0 Å². The zero-order valence-electron chi connectivity index (χ0n) is 6.44. The van der Waals surface area contributed by atoms with Crippen LogP contribution in [0.3, 0.4) is 0 Å². The maximum absolute atomic E-state index is 8.74. The zero-order chi connectivity index (χ0) is 9.24. The summed E-state index contributed by atoms with van der Waals surface area (Å²) >= 11 is 0. The van der Waals surface area contributed by atoms with E-state index in [-0.39, 0.29) is 6.42 Å². The van der Waals surface area contributed by atoms with E-state index >= 15 is 0 Å². The molecule has 0 amide bonds. The van der Waals surface area contributed by atoms with Crippen LogP contribution in [0.25, 0.3) is 0 Å². The third-order valence-electron chi connectivity index (χ3n) is 1.96. The van der Waals surface area contributed by atoms with Gasteiger partial charge in [-0.15, -0.1) is 10.2 Å². The van der Waals surface area contributed by atoms with Gasteiger partial charge in [0.2, 0.25) is 5.41 Å². The summed E-state index contributed by atoms with van der Waals surface area (Å²) in [4.78, 5) is 0. The largest absolute Gasteiger partial charge is 0.306 e. The Balaban J connectivity index is 3.08. The lowest BCUT2D eigenvalue weighted by atomic mass is 9.78. The summed E-state index contributed by atoms with van der Waals surface area (Å²) in [5, 5.41) is 33.0. The Labute approximate surface area is 69.5 Å². The normalized spacial score (nSPS) is 17.2. The van der Waals surface area contributed by atoms with E-state index in [1.165, 1.54) is 0 Å². The molecule has 0 unspecified atom stereocenters. The predicted octanol–water partition coefficient (Wildman–Crippen LogP) is 1.12. The summed E-state index contributed by atoms with van der Waals surface area (Å²) in [5.74, 6) is 0. The van der Waals surface area contributed by atoms with Crippen LogP contribution in [-0.4, -0.2) is 5.66 Å². The quantitative estimate of drug-likeness (QED) is 0.603. The maximum atomic E-state index is 8.74. The molecule has 1 rings (SSSR count). The standard InChI is InChI=1S/C7H5N5/c1-2-6(3-8,4-9)7(5-10)11-12-7/h2H2,1H3. The third kappa shape index (κ3) is 0.696. The smallest absolute Gasteiger partial charge is 0.196 e. The second-order valence-corrected chi connectivity index (χ2v) is 2.47. The van der Waals surface area contributed by atoms with E-state index in [2.05, 4.69) is 10.2 Å². The molecule has 0 fully saturated rings. The molecule has 0 atom stereocenters. The lowest BCUT2D eigenvalue weighted by molar-refractivity contribution is 0.411. The van der Waals surface area contributed by atoms with E-state index in [0.717, 1.165) is 0 Å². The van der Waals surface area contributed by atoms with Gasteiger partial charge in [0, 0.05) is 0 Å². The second kappa shape index (κ2) is 2.29. The number of nitrogens with zero attached hydrogens (tertiary/aromatic N) is 5. The first-order valence-corrected chi connectivity index (χ1v) is 3.38. The van der Waals surface area contributed by atoms with Gasteiger partial charge in [0.1, 0.15) is 6.07 Å². The molecule has 0 aromatic heterocycles. The summed E-state index contributed by atoms with van der Waals surface area (Å²) in [7, 11) is 0. The highest BCUT2D eigenvalue weighted by Gasteiger charge is 2.61. The molecule has 0 aliphatic carbocycles. The highest BCUT2D eigenvalue weighted by Crippen LogP contribution is 2.46. The number of rotatable bonds is 2. The number of nitriles is 3. The predicted molar refractivity (Wildman–Crippen MR) is 37.2 cm³/mol. The van der Waals surface area contributed by atoms with Crippen molar-refractivity contribution >= 4 is 0 Å². The van der Waals surface area contributed by atoms with Crippen molar-refractivity contribution in [2.24, 2.45) is 15.6 Å². The molecule has 0 radical (unpaired) electrons. The molecule has 1 heterocycles. The van der Waals surface area contributed by atoms with Gasteiger partial charge >= 0.3 is 5.66 Å². The van der Waals surface area contributed by atoms with Crippen molar-refractivity contribution in [1.29, 1.82) is 15.8 Å². The Kier molecular flexibility index (Phi) is 1.56. The number of hydrogen-bond donors (Lipinski definition) is 0. The van der Waals surface area contributed by atoms with Crippen LogP contribution in [0.2, 0.25) is 0 Å². The van der Waals surface area contributed by atoms with Gasteiger partial charge in [-0.25, -0.2) is 0 Å². The highest BCUT2D eigenvalue weighted by atomic mass is 15.5. The molecule has 5 nitrogen and oxygen atoms in total. The van der Waals surface area contributed by atoms with E-state index in [0.29, 0.717) is 0 Å². The Morgan fingerprint density at radius 2 is 1.75 bits per heavy atom. The summed E-state index contributed by atoms with van der Waals surface area (Å²) in [6.07, 6.45) is 0.251. The Bertz CT molecular complexity index is 327. The zero-order valence-corrected chi connectivity index (χ0v) is 6.44. The average molecular weight is 159 g/mol. The molecule has 0 aromatic carbocycles. The first-order valence-electron chi connectivity index (χ1n) is 3.38. The van der Waals surface area contributed by atoms with E-state index < -0.39 is 11.1 Å². The van der Waals surface area contributed by atoms with Crippen molar-refractivity contribution in [3.8, 4) is 18.2 Å². The fraction of sp³-hybridized carbons (Fsp3) is 0.571. The van der Waals surface area contributed by atoms with Crippen molar-refractivity contribution in [1.82, 2.24) is 0 Å². The molecule has 12 heavy (non-hydrogen) atoms. The summed E-state index contributed by atoms with van der Waals surface area (Å²) in [5.41, 5.74) is -2.81. The van der Waals surface area contributed by atoms with Gasteiger partial charge in [-0.3, -0.25) is 0 Å². The molecule has 0 saturated carbocycles. The molecule has 5 heteroatoms.